The first kappa shape index (κ1) is 25.3. The Morgan fingerprint density at radius 2 is 2.13 bits per heavy atom. The molecule has 0 radical (unpaired) electrons. The summed E-state index contributed by atoms with van der Waals surface area (Å²) >= 11 is 3.64. The maximum Gasteiger partial charge on any atom is 0.259 e. The Labute approximate surface area is 192 Å². The molecule has 0 fully saturated rings. The quantitative estimate of drug-likeness (QED) is 0.164. The summed E-state index contributed by atoms with van der Waals surface area (Å²) in [7, 11) is 4.15. The molecular weight excluding hydrogens is 432 g/mol. The van der Waals surface area contributed by atoms with Crippen molar-refractivity contribution >= 4 is 28.9 Å². The molecule has 0 bridgehead atoms. The van der Waals surface area contributed by atoms with Crippen molar-refractivity contribution in [2.24, 2.45) is 4.99 Å². The maximum atomic E-state index is 11.0. The highest BCUT2D eigenvalue weighted by atomic mass is 32.2. The van der Waals surface area contributed by atoms with Crippen LogP contribution in [0.1, 0.15) is 32.5 Å². The van der Waals surface area contributed by atoms with Crippen LogP contribution < -0.4 is 5.32 Å². The molecule has 2 aromatic rings. The van der Waals surface area contributed by atoms with Crippen molar-refractivity contribution < 1.29 is 10.0 Å². The minimum Gasteiger partial charge on any atom is -0.386 e. The third-order valence-electron chi connectivity index (χ3n) is 4.51. The second kappa shape index (κ2) is 12.8. The summed E-state index contributed by atoms with van der Waals surface area (Å²) in [5, 5.41) is 24.4. The van der Waals surface area contributed by atoms with E-state index in [-0.39, 0.29) is 13.1 Å². The fourth-order valence-corrected chi connectivity index (χ4v) is 5.27. The van der Waals surface area contributed by atoms with E-state index >= 15 is 0 Å². The van der Waals surface area contributed by atoms with Crippen LogP contribution in [0.5, 0.6) is 0 Å². The van der Waals surface area contributed by atoms with E-state index in [1.807, 2.05) is 42.5 Å². The minimum absolute atomic E-state index is 0.0931. The van der Waals surface area contributed by atoms with E-state index in [0.717, 1.165) is 29.2 Å². The molecular formula is C22H32N4O3S2. The number of nitrogens with one attached hydrogen (secondary N) is 1. The van der Waals surface area contributed by atoms with E-state index in [0.29, 0.717) is 12.4 Å². The topological polar surface area (TPSA) is 91.0 Å². The predicted molar refractivity (Wildman–Crippen MR) is 131 cm³/mol. The smallest absolute Gasteiger partial charge is 0.259 e. The van der Waals surface area contributed by atoms with Crippen LogP contribution in [0.2, 0.25) is 0 Å². The molecule has 170 valence electrons. The van der Waals surface area contributed by atoms with Crippen molar-refractivity contribution in [2.75, 3.05) is 39.5 Å². The Balaban J connectivity index is 1.81. The summed E-state index contributed by atoms with van der Waals surface area (Å²) in [6.45, 7) is 5.37. The molecule has 9 heteroatoms. The number of thioether (sulfide) groups is 1. The van der Waals surface area contributed by atoms with Crippen LogP contribution in [0.3, 0.4) is 0 Å². The normalized spacial score (nSPS) is 12.9. The summed E-state index contributed by atoms with van der Waals surface area (Å²) in [4.78, 5) is 19.7. The number of nitrogens with zero attached hydrogens (tertiary/aromatic N) is 3. The van der Waals surface area contributed by atoms with Crippen LogP contribution in [0, 0.1) is 24.0 Å². The van der Waals surface area contributed by atoms with Crippen LogP contribution in [-0.4, -0.2) is 60.2 Å². The van der Waals surface area contributed by atoms with Gasteiger partial charge in [-0.1, -0.05) is 29.8 Å². The summed E-state index contributed by atoms with van der Waals surface area (Å²) in [5.74, 6) is 2.04. The van der Waals surface area contributed by atoms with E-state index in [9.17, 15) is 15.2 Å². The van der Waals surface area contributed by atoms with E-state index < -0.39 is 11.0 Å². The van der Waals surface area contributed by atoms with Crippen molar-refractivity contribution in [3.63, 3.8) is 0 Å². The number of amidine groups is 1. The average Bonchev–Trinajstić information content (AvgIpc) is 3.03. The summed E-state index contributed by atoms with van der Waals surface area (Å²) in [5.41, 5.74) is 3.15. The highest BCUT2D eigenvalue weighted by Gasteiger charge is 2.11. The Morgan fingerprint density at radius 3 is 2.81 bits per heavy atom. The van der Waals surface area contributed by atoms with Gasteiger partial charge in [-0.3, -0.25) is 15.1 Å². The summed E-state index contributed by atoms with van der Waals surface area (Å²) in [6.07, 6.45) is -0.781. The van der Waals surface area contributed by atoms with Crippen LogP contribution >= 0.6 is 23.1 Å². The molecule has 0 aliphatic heterocycles. The lowest BCUT2D eigenvalue weighted by atomic mass is 10.1. The van der Waals surface area contributed by atoms with Gasteiger partial charge in [0.2, 0.25) is 0 Å². The Bertz CT molecular complexity index is 883. The molecule has 2 rings (SSSR count). The lowest BCUT2D eigenvalue weighted by Gasteiger charge is -2.11. The molecule has 0 amide bonds. The lowest BCUT2D eigenvalue weighted by Crippen LogP contribution is -2.32. The highest BCUT2D eigenvalue weighted by molar-refractivity contribution is 7.98. The number of thiophene rings is 1. The zero-order valence-corrected chi connectivity index (χ0v) is 20.3. The number of nitro groups is 1. The average molecular weight is 465 g/mol. The third-order valence-corrected chi connectivity index (χ3v) is 6.92. The second-order valence-corrected chi connectivity index (χ2v) is 10.1. The van der Waals surface area contributed by atoms with Crippen LogP contribution in [0.15, 0.2) is 35.3 Å². The van der Waals surface area contributed by atoms with E-state index in [2.05, 4.69) is 42.3 Å². The standard InChI is InChI=1S/C22H32N4O3S2/c1-16-6-5-7-18(10-16)20(27)12-24-22(14-26(28)29)23-8-9-30-15-19-11-17(2)21(31-19)13-25(3)4/h5-7,10-11,20,27H,8-9,12-15H2,1-4H3,(H,23,24). The molecule has 0 saturated carbocycles. The van der Waals surface area contributed by atoms with Crippen LogP contribution in [-0.2, 0) is 12.3 Å². The van der Waals surface area contributed by atoms with Gasteiger partial charge >= 0.3 is 0 Å². The molecule has 1 aromatic heterocycles. The molecule has 7 nitrogen and oxygen atoms in total. The van der Waals surface area contributed by atoms with Gasteiger partial charge in [0, 0.05) is 39.3 Å². The van der Waals surface area contributed by atoms with Gasteiger partial charge in [0.25, 0.3) is 6.54 Å². The van der Waals surface area contributed by atoms with E-state index in [1.54, 1.807) is 11.8 Å². The highest BCUT2D eigenvalue weighted by Crippen LogP contribution is 2.26. The molecule has 1 heterocycles. The molecule has 1 atom stereocenters. The van der Waals surface area contributed by atoms with Crippen molar-refractivity contribution in [2.45, 2.75) is 32.2 Å². The van der Waals surface area contributed by atoms with E-state index in [4.69, 9.17) is 0 Å². The number of aliphatic hydroxyl groups is 1. The second-order valence-electron chi connectivity index (χ2n) is 7.74. The summed E-state index contributed by atoms with van der Waals surface area (Å²) in [6, 6.07) is 9.81. The molecule has 0 aliphatic carbocycles. The van der Waals surface area contributed by atoms with Gasteiger partial charge in [-0.2, -0.15) is 11.8 Å². The van der Waals surface area contributed by atoms with Gasteiger partial charge in [0.1, 0.15) is 0 Å². The third kappa shape index (κ3) is 9.39. The summed E-state index contributed by atoms with van der Waals surface area (Å²) < 4.78 is 0. The zero-order valence-electron chi connectivity index (χ0n) is 18.6. The molecule has 0 saturated heterocycles. The van der Waals surface area contributed by atoms with Gasteiger partial charge in [0.05, 0.1) is 12.6 Å². The van der Waals surface area contributed by atoms with Crippen molar-refractivity contribution in [1.82, 2.24) is 10.2 Å². The van der Waals surface area contributed by atoms with Crippen LogP contribution in [0.25, 0.3) is 0 Å². The van der Waals surface area contributed by atoms with Crippen molar-refractivity contribution in [3.05, 3.63) is 66.9 Å². The SMILES string of the molecule is Cc1cccc(C(O)CN=C(C[N+](=O)[O-])NCCSCc2cc(C)c(CN(C)C)s2)c1. The zero-order chi connectivity index (χ0) is 22.8. The molecule has 1 aromatic carbocycles. The first-order valence-electron chi connectivity index (χ1n) is 10.2. The Kier molecular flexibility index (Phi) is 10.5. The fraction of sp³-hybridized carbons (Fsp3) is 0.500. The largest absolute Gasteiger partial charge is 0.386 e. The van der Waals surface area contributed by atoms with Gasteiger partial charge in [0.15, 0.2) is 5.84 Å². The van der Waals surface area contributed by atoms with Crippen molar-refractivity contribution in [3.8, 4) is 0 Å². The number of hydrogen-bond donors (Lipinski definition) is 2. The first-order chi connectivity index (χ1) is 14.7. The lowest BCUT2D eigenvalue weighted by molar-refractivity contribution is -0.463. The molecule has 2 N–H and O–H groups in total. The Morgan fingerprint density at radius 1 is 1.35 bits per heavy atom. The fourth-order valence-electron chi connectivity index (χ4n) is 3.01. The number of aliphatic imine (C=N–C) groups is 1. The molecule has 31 heavy (non-hydrogen) atoms. The molecule has 1 unspecified atom stereocenters. The maximum absolute atomic E-state index is 11.0. The number of rotatable bonds is 12. The number of hydrogen-bond acceptors (Lipinski definition) is 7. The van der Waals surface area contributed by atoms with Gasteiger partial charge in [-0.15, -0.1) is 11.3 Å². The number of benzene rings is 1. The minimum atomic E-state index is -0.781. The number of aryl methyl sites for hydroxylation is 2. The predicted octanol–water partition coefficient (Wildman–Crippen LogP) is 3.66. The van der Waals surface area contributed by atoms with Gasteiger partial charge in [-0.25, -0.2) is 0 Å². The van der Waals surface area contributed by atoms with Crippen LogP contribution in [0.4, 0.5) is 0 Å². The monoisotopic (exact) mass is 464 g/mol. The first-order valence-corrected chi connectivity index (χ1v) is 12.2. The molecule has 0 aliphatic rings. The van der Waals surface area contributed by atoms with Crippen molar-refractivity contribution in [1.29, 1.82) is 0 Å². The van der Waals surface area contributed by atoms with Gasteiger partial charge < -0.3 is 15.3 Å². The van der Waals surface area contributed by atoms with E-state index in [1.165, 1.54) is 15.3 Å². The number of aliphatic hydroxyl groups excluding tert-OH is 1. The Hall–Kier alpha value is -1.94. The van der Waals surface area contributed by atoms with Gasteiger partial charge in [-0.05, 0) is 45.1 Å². The molecule has 0 spiro atoms.